The smallest absolute Gasteiger partial charge is 0.326 e. The number of carbonyl (C=O) groups excluding carboxylic acids is 3. The number of hydrogen-bond donors (Lipinski definition) is 2. The van der Waals surface area contributed by atoms with E-state index in [4.69, 9.17) is 0 Å². The van der Waals surface area contributed by atoms with Crippen molar-refractivity contribution in [3.8, 4) is 0 Å². The molecule has 0 saturated carbocycles. The molecule has 2 aromatic carbocycles. The van der Waals surface area contributed by atoms with Gasteiger partial charge in [-0.3, -0.25) is 24.6 Å². The predicted octanol–water partition coefficient (Wildman–Crippen LogP) is 3.29. The normalized spacial score (nSPS) is 13.5. The van der Waals surface area contributed by atoms with E-state index in [1.807, 2.05) is 44.2 Å². The first-order valence-electron chi connectivity index (χ1n) is 11.6. The van der Waals surface area contributed by atoms with E-state index in [2.05, 4.69) is 5.32 Å². The van der Waals surface area contributed by atoms with E-state index in [1.54, 1.807) is 0 Å². The summed E-state index contributed by atoms with van der Waals surface area (Å²) in [6.45, 7) is 4.02. The second-order valence-corrected chi connectivity index (χ2v) is 8.91. The monoisotopic (exact) mass is 496 g/mol. The summed E-state index contributed by atoms with van der Waals surface area (Å²) in [6.07, 6.45) is 0.360. The number of carboxylic acid groups (broad SMARTS) is 1. The molecule has 0 unspecified atom stereocenters. The molecule has 2 aromatic rings. The number of rotatable bonds is 11. The number of aliphatic carboxylic acids is 1. The number of amides is 4. The van der Waals surface area contributed by atoms with Gasteiger partial charge in [-0.05, 0) is 30.4 Å². The molecular weight excluding hydrogens is 468 g/mol. The molecular formula is C25H28N4O7. The number of nitro groups is 1. The largest absolute Gasteiger partial charge is 0.480 e. The third kappa shape index (κ3) is 6.04. The fourth-order valence-electron chi connectivity index (χ4n) is 3.93. The van der Waals surface area contributed by atoms with Crippen molar-refractivity contribution in [3.05, 3.63) is 75.3 Å². The summed E-state index contributed by atoms with van der Waals surface area (Å²) in [4.78, 5) is 63.2. The zero-order chi connectivity index (χ0) is 26.4. The standard InChI is InChI=1S/C25H28N4O7/c1-16(2)10-12-27(25(34)26-15-17-6-4-3-5-7-17)21(24(32)33)11-13-28-22(30)19-9-8-18(29(35)36)14-20(19)23(28)31/h3-9,14,16,21H,10-13,15H2,1-2H3,(H,26,34)(H,32,33)/t21-/m1/s1. The first-order chi connectivity index (χ1) is 17.1. The Morgan fingerprint density at radius 1 is 1.06 bits per heavy atom. The molecule has 0 aromatic heterocycles. The third-order valence-corrected chi connectivity index (χ3v) is 5.95. The van der Waals surface area contributed by atoms with E-state index in [-0.39, 0.29) is 48.8 Å². The molecule has 0 radical (unpaired) electrons. The molecule has 11 heteroatoms. The first kappa shape index (κ1) is 26.3. The maximum Gasteiger partial charge on any atom is 0.326 e. The summed E-state index contributed by atoms with van der Waals surface area (Å²) in [5.74, 6) is -2.45. The van der Waals surface area contributed by atoms with Crippen molar-refractivity contribution in [2.24, 2.45) is 5.92 Å². The van der Waals surface area contributed by atoms with E-state index in [0.29, 0.717) is 6.42 Å². The van der Waals surface area contributed by atoms with E-state index in [1.165, 1.54) is 11.0 Å². The average Bonchev–Trinajstić information content (AvgIpc) is 3.08. The predicted molar refractivity (Wildman–Crippen MR) is 129 cm³/mol. The number of nitro benzene ring substituents is 1. The van der Waals surface area contributed by atoms with Gasteiger partial charge < -0.3 is 15.3 Å². The van der Waals surface area contributed by atoms with Gasteiger partial charge in [0.15, 0.2) is 0 Å². The molecule has 4 amide bonds. The zero-order valence-electron chi connectivity index (χ0n) is 20.0. The van der Waals surface area contributed by atoms with E-state index in [9.17, 15) is 34.4 Å². The molecule has 1 atom stereocenters. The van der Waals surface area contributed by atoms with Crippen LogP contribution in [0.3, 0.4) is 0 Å². The Bertz CT molecular complexity index is 1170. The van der Waals surface area contributed by atoms with Gasteiger partial charge in [0.25, 0.3) is 17.5 Å². The Labute approximate surface area is 207 Å². The number of carboxylic acids is 1. The number of carbonyl (C=O) groups is 4. The highest BCUT2D eigenvalue weighted by molar-refractivity contribution is 6.21. The topological polar surface area (TPSA) is 150 Å². The Morgan fingerprint density at radius 3 is 2.33 bits per heavy atom. The second-order valence-electron chi connectivity index (χ2n) is 8.91. The van der Waals surface area contributed by atoms with Crippen LogP contribution in [0.1, 0.15) is 53.0 Å². The zero-order valence-corrected chi connectivity index (χ0v) is 20.0. The van der Waals surface area contributed by atoms with E-state index in [0.717, 1.165) is 22.6 Å². The molecule has 1 aliphatic rings. The number of imide groups is 1. The molecule has 11 nitrogen and oxygen atoms in total. The van der Waals surface area contributed by atoms with Gasteiger partial charge in [0.1, 0.15) is 6.04 Å². The van der Waals surface area contributed by atoms with Crippen LogP contribution in [0.15, 0.2) is 48.5 Å². The fraction of sp³-hybridized carbons (Fsp3) is 0.360. The van der Waals surface area contributed by atoms with Crippen LogP contribution in [0.5, 0.6) is 0 Å². The summed E-state index contributed by atoms with van der Waals surface area (Å²) in [6, 6.07) is 10.7. The Hall–Kier alpha value is -4.28. The summed E-state index contributed by atoms with van der Waals surface area (Å²) >= 11 is 0. The van der Waals surface area contributed by atoms with Crippen LogP contribution in [0.25, 0.3) is 0 Å². The van der Waals surface area contributed by atoms with E-state index >= 15 is 0 Å². The molecule has 3 rings (SSSR count). The van der Waals surface area contributed by atoms with Crippen molar-refractivity contribution in [1.82, 2.24) is 15.1 Å². The Balaban J connectivity index is 1.75. The lowest BCUT2D eigenvalue weighted by atomic mass is 10.1. The van der Waals surface area contributed by atoms with Crippen molar-refractivity contribution < 1.29 is 29.2 Å². The van der Waals surface area contributed by atoms with Gasteiger partial charge in [-0.25, -0.2) is 9.59 Å². The number of fused-ring (bicyclic) bond motifs is 1. The molecule has 0 aliphatic carbocycles. The van der Waals surface area contributed by atoms with Gasteiger partial charge in [-0.2, -0.15) is 0 Å². The minimum atomic E-state index is -1.29. The third-order valence-electron chi connectivity index (χ3n) is 5.95. The molecule has 1 aliphatic heterocycles. The van der Waals surface area contributed by atoms with Crippen LogP contribution in [0.4, 0.5) is 10.5 Å². The summed E-state index contributed by atoms with van der Waals surface area (Å²) in [5.41, 5.74) is 0.449. The summed E-state index contributed by atoms with van der Waals surface area (Å²) < 4.78 is 0. The van der Waals surface area contributed by atoms with Crippen molar-refractivity contribution >= 4 is 29.5 Å². The van der Waals surface area contributed by atoms with Gasteiger partial charge in [-0.15, -0.1) is 0 Å². The number of benzene rings is 2. The van der Waals surface area contributed by atoms with Gasteiger partial charge in [0.05, 0.1) is 16.1 Å². The Kier molecular flexibility index (Phi) is 8.36. The number of nitrogens with one attached hydrogen (secondary N) is 1. The molecule has 36 heavy (non-hydrogen) atoms. The van der Waals surface area contributed by atoms with Crippen LogP contribution >= 0.6 is 0 Å². The van der Waals surface area contributed by atoms with Crippen molar-refractivity contribution in [1.29, 1.82) is 0 Å². The molecule has 0 fully saturated rings. The number of urea groups is 1. The number of nitrogens with zero attached hydrogens (tertiary/aromatic N) is 3. The lowest BCUT2D eigenvalue weighted by molar-refractivity contribution is -0.384. The first-order valence-corrected chi connectivity index (χ1v) is 11.6. The van der Waals surface area contributed by atoms with Crippen molar-refractivity contribution in [2.45, 2.75) is 39.3 Å². The van der Waals surface area contributed by atoms with Gasteiger partial charge in [0.2, 0.25) is 0 Å². The minimum Gasteiger partial charge on any atom is -0.480 e. The van der Waals surface area contributed by atoms with Gasteiger partial charge in [-0.1, -0.05) is 44.2 Å². The van der Waals surface area contributed by atoms with Crippen molar-refractivity contribution in [2.75, 3.05) is 13.1 Å². The number of non-ortho nitro benzene ring substituents is 1. The molecule has 2 N–H and O–H groups in total. The minimum absolute atomic E-state index is 0.0229. The summed E-state index contributed by atoms with van der Waals surface area (Å²) in [7, 11) is 0. The maximum atomic E-state index is 13.0. The van der Waals surface area contributed by atoms with E-state index < -0.39 is 34.8 Å². The molecule has 1 heterocycles. The lowest BCUT2D eigenvalue weighted by Crippen LogP contribution is -2.51. The Morgan fingerprint density at radius 2 is 1.72 bits per heavy atom. The summed E-state index contributed by atoms with van der Waals surface area (Å²) in [5, 5.41) is 23.7. The SMILES string of the molecule is CC(C)CCN(C(=O)NCc1ccccc1)[C@H](CCN1C(=O)c2ccc([N+](=O)[O-])cc2C1=O)C(=O)O. The molecule has 0 spiro atoms. The van der Waals surface area contributed by atoms with Crippen LogP contribution in [0, 0.1) is 16.0 Å². The highest BCUT2D eigenvalue weighted by atomic mass is 16.6. The van der Waals surface area contributed by atoms with Crippen LogP contribution in [-0.2, 0) is 11.3 Å². The highest BCUT2D eigenvalue weighted by Gasteiger charge is 2.38. The van der Waals surface area contributed by atoms with Crippen LogP contribution in [-0.4, -0.2) is 62.8 Å². The molecule has 190 valence electrons. The maximum absolute atomic E-state index is 13.0. The quantitative estimate of drug-likeness (QED) is 0.275. The van der Waals surface area contributed by atoms with Gasteiger partial charge >= 0.3 is 12.0 Å². The van der Waals surface area contributed by atoms with Crippen LogP contribution < -0.4 is 5.32 Å². The van der Waals surface area contributed by atoms with Crippen LogP contribution in [0.2, 0.25) is 0 Å². The van der Waals surface area contributed by atoms with Gasteiger partial charge in [0, 0.05) is 31.8 Å². The average molecular weight is 497 g/mol. The highest BCUT2D eigenvalue weighted by Crippen LogP contribution is 2.27. The number of hydrogen-bond acceptors (Lipinski definition) is 6. The lowest BCUT2D eigenvalue weighted by Gasteiger charge is -2.30. The molecule has 0 saturated heterocycles. The molecule has 0 bridgehead atoms. The second kappa shape index (κ2) is 11.4. The fourth-order valence-corrected chi connectivity index (χ4v) is 3.93. The van der Waals surface area contributed by atoms with Crippen molar-refractivity contribution in [3.63, 3.8) is 0 Å².